The molecule has 1 aliphatic rings. The van der Waals surface area contributed by atoms with Crippen molar-refractivity contribution in [3.8, 4) is 0 Å². The van der Waals surface area contributed by atoms with E-state index in [1.165, 1.54) is 18.5 Å². The number of benzene rings is 1. The van der Waals surface area contributed by atoms with Crippen LogP contribution in [0.25, 0.3) is 0 Å². The van der Waals surface area contributed by atoms with Gasteiger partial charge in [-0.2, -0.15) is 5.10 Å². The summed E-state index contributed by atoms with van der Waals surface area (Å²) in [6.45, 7) is 4.23. The molecule has 0 spiro atoms. The van der Waals surface area contributed by atoms with Crippen LogP contribution in [-0.2, 0) is 20.1 Å². The van der Waals surface area contributed by atoms with E-state index >= 15 is 0 Å². The molecule has 1 aromatic heterocycles. The zero-order valence-electron chi connectivity index (χ0n) is 12.0. The number of hydrogen-bond acceptors (Lipinski definition) is 3. The van der Waals surface area contributed by atoms with Gasteiger partial charge in [-0.1, -0.05) is 30.3 Å². The molecule has 1 N–H and O–H groups in total. The lowest BCUT2D eigenvalue weighted by molar-refractivity contribution is 0.319. The Kier molecular flexibility index (Phi) is 4.14. The minimum absolute atomic E-state index is 0.584. The first kappa shape index (κ1) is 13.3. The zero-order valence-corrected chi connectivity index (χ0v) is 12.0. The molecule has 4 heteroatoms. The summed E-state index contributed by atoms with van der Waals surface area (Å²) >= 11 is 0. The number of nitrogens with one attached hydrogen (secondary N) is 1. The van der Waals surface area contributed by atoms with Crippen LogP contribution < -0.4 is 5.32 Å². The molecular formula is C16H22N4. The van der Waals surface area contributed by atoms with Gasteiger partial charge < -0.3 is 5.32 Å². The Balaban J connectivity index is 1.45. The van der Waals surface area contributed by atoms with E-state index in [0.717, 1.165) is 25.3 Å². The third kappa shape index (κ3) is 3.46. The van der Waals surface area contributed by atoms with Gasteiger partial charge in [0.15, 0.2) is 0 Å². The number of hydrogen-bond donors (Lipinski definition) is 1. The molecule has 0 bridgehead atoms. The highest BCUT2D eigenvalue weighted by atomic mass is 15.3. The van der Waals surface area contributed by atoms with Gasteiger partial charge in [0.2, 0.25) is 0 Å². The summed E-state index contributed by atoms with van der Waals surface area (Å²) in [6.07, 6.45) is 3.22. The largest absolute Gasteiger partial charge is 0.307 e. The Hall–Kier alpha value is -1.65. The third-order valence-corrected chi connectivity index (χ3v) is 3.86. The highest BCUT2D eigenvalue weighted by Crippen LogP contribution is 2.13. The molecule has 0 radical (unpaired) electrons. The smallest absolute Gasteiger partial charge is 0.0762 e. The van der Waals surface area contributed by atoms with Crippen LogP contribution in [0.2, 0.25) is 0 Å². The lowest BCUT2D eigenvalue weighted by atomic mass is 10.2. The van der Waals surface area contributed by atoms with E-state index in [2.05, 4.69) is 51.7 Å². The van der Waals surface area contributed by atoms with Gasteiger partial charge in [-0.15, -0.1) is 0 Å². The number of aryl methyl sites for hydroxylation is 1. The van der Waals surface area contributed by atoms with E-state index in [4.69, 9.17) is 0 Å². The SMILES string of the molecule is Cn1ccc(CNC2CCN(Cc3ccccc3)C2)n1. The summed E-state index contributed by atoms with van der Waals surface area (Å²) in [5.41, 5.74) is 2.52. The predicted octanol–water partition coefficient (Wildman–Crippen LogP) is 1.78. The van der Waals surface area contributed by atoms with Crippen molar-refractivity contribution in [2.75, 3.05) is 13.1 Å². The van der Waals surface area contributed by atoms with E-state index in [1.807, 2.05) is 17.9 Å². The van der Waals surface area contributed by atoms with Crippen LogP contribution in [-0.4, -0.2) is 33.8 Å². The van der Waals surface area contributed by atoms with Crippen LogP contribution in [0.3, 0.4) is 0 Å². The topological polar surface area (TPSA) is 33.1 Å². The Bertz CT molecular complexity index is 534. The molecule has 1 saturated heterocycles. The summed E-state index contributed by atoms with van der Waals surface area (Å²) in [7, 11) is 1.96. The fourth-order valence-corrected chi connectivity index (χ4v) is 2.79. The number of rotatable bonds is 5. The second-order valence-electron chi connectivity index (χ2n) is 5.57. The third-order valence-electron chi connectivity index (χ3n) is 3.86. The van der Waals surface area contributed by atoms with Crippen molar-refractivity contribution in [2.24, 2.45) is 7.05 Å². The molecule has 1 atom stereocenters. The lowest BCUT2D eigenvalue weighted by Crippen LogP contribution is -2.32. The van der Waals surface area contributed by atoms with E-state index < -0.39 is 0 Å². The van der Waals surface area contributed by atoms with E-state index in [0.29, 0.717) is 6.04 Å². The summed E-state index contributed by atoms with van der Waals surface area (Å²) in [5, 5.41) is 8.01. The first-order chi connectivity index (χ1) is 9.79. The quantitative estimate of drug-likeness (QED) is 0.899. The average molecular weight is 270 g/mol. The highest BCUT2D eigenvalue weighted by Gasteiger charge is 2.21. The minimum atomic E-state index is 0.584. The molecule has 4 nitrogen and oxygen atoms in total. The van der Waals surface area contributed by atoms with Crippen LogP contribution in [0, 0.1) is 0 Å². The van der Waals surface area contributed by atoms with Gasteiger partial charge in [-0.25, -0.2) is 0 Å². The van der Waals surface area contributed by atoms with Gasteiger partial charge in [-0.3, -0.25) is 9.58 Å². The maximum absolute atomic E-state index is 4.40. The van der Waals surface area contributed by atoms with Crippen molar-refractivity contribution in [1.29, 1.82) is 0 Å². The molecule has 2 heterocycles. The molecule has 1 unspecified atom stereocenters. The Morgan fingerprint density at radius 2 is 2.10 bits per heavy atom. The summed E-state index contributed by atoms with van der Waals surface area (Å²) in [6, 6.07) is 13.4. The molecule has 3 rings (SSSR count). The highest BCUT2D eigenvalue weighted by molar-refractivity contribution is 5.14. The first-order valence-electron chi connectivity index (χ1n) is 7.28. The van der Waals surface area contributed by atoms with E-state index in [9.17, 15) is 0 Å². The van der Waals surface area contributed by atoms with Crippen molar-refractivity contribution in [3.05, 3.63) is 53.9 Å². The van der Waals surface area contributed by atoms with E-state index in [1.54, 1.807) is 0 Å². The monoisotopic (exact) mass is 270 g/mol. The van der Waals surface area contributed by atoms with Crippen molar-refractivity contribution >= 4 is 0 Å². The maximum Gasteiger partial charge on any atom is 0.0762 e. The van der Waals surface area contributed by atoms with Gasteiger partial charge >= 0.3 is 0 Å². The first-order valence-corrected chi connectivity index (χ1v) is 7.28. The van der Waals surface area contributed by atoms with Crippen LogP contribution >= 0.6 is 0 Å². The minimum Gasteiger partial charge on any atom is -0.307 e. The zero-order chi connectivity index (χ0) is 13.8. The Morgan fingerprint density at radius 3 is 2.85 bits per heavy atom. The molecule has 0 amide bonds. The van der Waals surface area contributed by atoms with Crippen LogP contribution in [0.1, 0.15) is 17.7 Å². The van der Waals surface area contributed by atoms with Crippen molar-refractivity contribution in [1.82, 2.24) is 20.0 Å². The van der Waals surface area contributed by atoms with Crippen LogP contribution in [0.4, 0.5) is 0 Å². The standard InChI is InChI=1S/C16H22N4/c1-19-9-7-15(18-19)11-17-16-8-10-20(13-16)12-14-5-3-2-4-6-14/h2-7,9,16-17H,8,10-13H2,1H3. The van der Waals surface area contributed by atoms with Gasteiger partial charge in [0.05, 0.1) is 5.69 Å². The average Bonchev–Trinajstić information content (AvgIpc) is 3.07. The number of aromatic nitrogens is 2. The lowest BCUT2D eigenvalue weighted by Gasteiger charge is -2.16. The molecule has 20 heavy (non-hydrogen) atoms. The second-order valence-corrected chi connectivity index (χ2v) is 5.57. The Labute approximate surface area is 120 Å². The summed E-state index contributed by atoms with van der Waals surface area (Å²) in [5.74, 6) is 0. The molecule has 0 aliphatic carbocycles. The molecule has 2 aromatic rings. The molecule has 1 fully saturated rings. The normalized spacial score (nSPS) is 19.6. The van der Waals surface area contributed by atoms with Crippen molar-refractivity contribution < 1.29 is 0 Å². The predicted molar refractivity (Wildman–Crippen MR) is 80.2 cm³/mol. The molecule has 1 aliphatic heterocycles. The molecule has 106 valence electrons. The number of nitrogens with zero attached hydrogens (tertiary/aromatic N) is 3. The molecule has 1 aromatic carbocycles. The van der Waals surface area contributed by atoms with E-state index in [-0.39, 0.29) is 0 Å². The van der Waals surface area contributed by atoms with Crippen LogP contribution in [0.15, 0.2) is 42.6 Å². The fraction of sp³-hybridized carbons (Fsp3) is 0.438. The fourth-order valence-electron chi connectivity index (χ4n) is 2.79. The maximum atomic E-state index is 4.40. The molecule has 0 saturated carbocycles. The number of likely N-dealkylation sites (tertiary alicyclic amines) is 1. The van der Waals surface area contributed by atoms with Gasteiger partial charge in [0.25, 0.3) is 0 Å². The summed E-state index contributed by atoms with van der Waals surface area (Å²) in [4.78, 5) is 2.52. The second kappa shape index (κ2) is 6.20. The van der Waals surface area contributed by atoms with Crippen LogP contribution in [0.5, 0.6) is 0 Å². The van der Waals surface area contributed by atoms with Gasteiger partial charge in [0, 0.05) is 45.5 Å². The van der Waals surface area contributed by atoms with Gasteiger partial charge in [-0.05, 0) is 18.1 Å². The Morgan fingerprint density at radius 1 is 1.25 bits per heavy atom. The summed E-state index contributed by atoms with van der Waals surface area (Å²) < 4.78 is 1.85. The van der Waals surface area contributed by atoms with Crippen molar-refractivity contribution in [3.63, 3.8) is 0 Å². The van der Waals surface area contributed by atoms with Gasteiger partial charge in [0.1, 0.15) is 0 Å². The van der Waals surface area contributed by atoms with Crippen molar-refractivity contribution in [2.45, 2.75) is 25.6 Å². The molecular weight excluding hydrogens is 248 g/mol.